The molecule has 4 amide bonds. The Kier molecular flexibility index (Phi) is 4.35. The number of fused-ring (bicyclic) bond motifs is 4. The Labute approximate surface area is 178 Å². The molecular formula is C19H17F2N5O4S. The number of carbonyl (C=O) groups is 3. The van der Waals surface area contributed by atoms with Crippen molar-refractivity contribution in [3.8, 4) is 11.3 Å². The predicted octanol–water partition coefficient (Wildman–Crippen LogP) is 1.37. The van der Waals surface area contributed by atoms with E-state index in [1.54, 1.807) is 13.8 Å². The first kappa shape index (κ1) is 19.9. The van der Waals surface area contributed by atoms with Crippen LogP contribution in [0.1, 0.15) is 19.4 Å². The van der Waals surface area contributed by atoms with Crippen molar-refractivity contribution in [3.05, 3.63) is 28.6 Å². The van der Waals surface area contributed by atoms with Gasteiger partial charge in [-0.1, -0.05) is 4.49 Å². The smallest absolute Gasteiger partial charge is 0.328 e. The Bertz CT molecular complexity index is 1100. The molecule has 0 bridgehead atoms. The Balaban J connectivity index is 1.76. The number of imide groups is 2. The topological polar surface area (TPSA) is 114 Å². The van der Waals surface area contributed by atoms with Gasteiger partial charge in [0, 0.05) is 23.9 Å². The quantitative estimate of drug-likeness (QED) is 0.633. The summed E-state index contributed by atoms with van der Waals surface area (Å²) in [6, 6.07) is -0.468. The van der Waals surface area contributed by atoms with Gasteiger partial charge >= 0.3 is 6.03 Å². The number of benzene rings is 1. The molecule has 3 aliphatic heterocycles. The zero-order chi connectivity index (χ0) is 22.1. The zero-order valence-corrected chi connectivity index (χ0v) is 17.3. The highest BCUT2D eigenvalue weighted by Gasteiger charge is 2.63. The van der Waals surface area contributed by atoms with E-state index in [2.05, 4.69) is 20.2 Å². The van der Waals surface area contributed by atoms with Crippen molar-refractivity contribution < 1.29 is 27.9 Å². The van der Waals surface area contributed by atoms with Gasteiger partial charge in [0.05, 0.1) is 23.9 Å². The van der Waals surface area contributed by atoms with Crippen molar-refractivity contribution in [2.75, 3.05) is 11.4 Å². The molecule has 31 heavy (non-hydrogen) atoms. The number of hydrogen-bond donors (Lipinski definition) is 2. The van der Waals surface area contributed by atoms with Crippen LogP contribution in [-0.2, 0) is 20.7 Å². The number of nitrogens with one attached hydrogen (secondary N) is 2. The molecule has 0 saturated carbocycles. The number of barbiturate groups is 1. The molecule has 5 rings (SSSR count). The van der Waals surface area contributed by atoms with Crippen molar-refractivity contribution in [3.63, 3.8) is 0 Å². The summed E-state index contributed by atoms with van der Waals surface area (Å²) in [6.07, 6.45) is -1.28. The van der Waals surface area contributed by atoms with Gasteiger partial charge in [0.25, 0.3) is 0 Å². The van der Waals surface area contributed by atoms with E-state index < -0.39 is 47.0 Å². The maximum Gasteiger partial charge on any atom is 0.328 e. The predicted molar refractivity (Wildman–Crippen MR) is 104 cm³/mol. The third kappa shape index (κ3) is 2.71. The van der Waals surface area contributed by atoms with E-state index in [1.165, 1.54) is 16.3 Å². The van der Waals surface area contributed by atoms with Crippen molar-refractivity contribution in [1.29, 1.82) is 0 Å². The number of hydrogen-bond acceptors (Lipinski definition) is 8. The summed E-state index contributed by atoms with van der Waals surface area (Å²) in [7, 11) is 0. The molecule has 1 aromatic heterocycles. The Morgan fingerprint density at radius 1 is 1.19 bits per heavy atom. The van der Waals surface area contributed by atoms with Gasteiger partial charge in [-0.3, -0.25) is 20.2 Å². The fraction of sp³-hybridized carbons (Fsp3) is 0.421. The van der Waals surface area contributed by atoms with Crippen LogP contribution in [0.4, 0.5) is 19.3 Å². The first-order valence-corrected chi connectivity index (χ1v) is 10.4. The fourth-order valence-electron chi connectivity index (χ4n) is 5.01. The van der Waals surface area contributed by atoms with E-state index in [4.69, 9.17) is 4.74 Å². The second kappa shape index (κ2) is 6.76. The Hall–Kier alpha value is -2.99. The number of morpholine rings is 1. The summed E-state index contributed by atoms with van der Waals surface area (Å²) in [5, 5.41) is 9.59. The van der Waals surface area contributed by atoms with E-state index in [0.717, 1.165) is 11.5 Å². The monoisotopic (exact) mass is 449 g/mol. The summed E-state index contributed by atoms with van der Waals surface area (Å²) in [5.41, 5.74) is -1.47. The van der Waals surface area contributed by atoms with Gasteiger partial charge in [0.1, 0.15) is 5.69 Å². The van der Waals surface area contributed by atoms with Gasteiger partial charge in [0.15, 0.2) is 17.0 Å². The number of urea groups is 1. The summed E-state index contributed by atoms with van der Waals surface area (Å²) < 4.78 is 40.0. The maximum atomic E-state index is 15.4. The number of ether oxygens (including phenoxy) is 1. The van der Waals surface area contributed by atoms with E-state index in [1.807, 2.05) is 0 Å². The lowest BCUT2D eigenvalue weighted by molar-refractivity contribution is -0.153. The molecule has 2 N–H and O–H groups in total. The molecule has 0 radical (unpaired) electrons. The minimum Gasteiger partial charge on any atom is -0.372 e. The van der Waals surface area contributed by atoms with Crippen LogP contribution in [-0.4, -0.2) is 52.2 Å². The van der Waals surface area contributed by atoms with Crippen LogP contribution < -0.4 is 15.5 Å². The molecule has 1 aromatic carbocycles. The largest absolute Gasteiger partial charge is 0.372 e. The molecule has 2 fully saturated rings. The highest BCUT2D eigenvalue weighted by Crippen LogP contribution is 2.49. The normalized spacial score (nSPS) is 26.9. The molecule has 2 saturated heterocycles. The highest BCUT2D eigenvalue weighted by molar-refractivity contribution is 7.03. The van der Waals surface area contributed by atoms with Crippen LogP contribution in [0.5, 0.6) is 0 Å². The minimum atomic E-state index is -1.76. The molecule has 1 unspecified atom stereocenters. The lowest BCUT2D eigenvalue weighted by Crippen LogP contribution is -2.75. The number of anilines is 1. The Morgan fingerprint density at radius 3 is 2.55 bits per heavy atom. The number of nitrogens with zero attached hydrogens (tertiary/aromatic N) is 3. The van der Waals surface area contributed by atoms with Crippen molar-refractivity contribution >= 4 is 35.1 Å². The molecule has 1 spiro atoms. The van der Waals surface area contributed by atoms with Crippen molar-refractivity contribution in [2.45, 2.75) is 38.5 Å². The second-order valence-electron chi connectivity index (χ2n) is 7.98. The number of aromatic nitrogens is 2. The van der Waals surface area contributed by atoms with Crippen molar-refractivity contribution in [2.24, 2.45) is 5.41 Å². The van der Waals surface area contributed by atoms with E-state index in [-0.39, 0.29) is 41.6 Å². The second-order valence-corrected chi connectivity index (χ2v) is 8.59. The third-order valence-electron chi connectivity index (χ3n) is 6.10. The van der Waals surface area contributed by atoms with Gasteiger partial charge < -0.3 is 9.64 Å². The maximum absolute atomic E-state index is 15.4. The zero-order valence-electron chi connectivity index (χ0n) is 16.4. The first-order chi connectivity index (χ1) is 14.7. The average Bonchev–Trinajstić information content (AvgIpc) is 3.22. The molecule has 0 aliphatic carbocycles. The van der Waals surface area contributed by atoms with E-state index >= 15 is 8.78 Å². The third-order valence-corrected chi connectivity index (χ3v) is 6.61. The number of rotatable bonds is 1. The van der Waals surface area contributed by atoms with Crippen LogP contribution in [0.25, 0.3) is 11.3 Å². The number of carbonyl (C=O) groups excluding carboxylic acids is 3. The SMILES string of the molecule is C[C@H]1CN2c3c(cc(-c4csnn4)c(F)c3F)CC3(C(=O)NC(=O)NC3=O)C2[C@@H](C)O1. The summed E-state index contributed by atoms with van der Waals surface area (Å²) >= 11 is 0.985. The van der Waals surface area contributed by atoms with Gasteiger partial charge in [-0.25, -0.2) is 13.6 Å². The van der Waals surface area contributed by atoms with Gasteiger partial charge in [0.2, 0.25) is 11.8 Å². The summed E-state index contributed by atoms with van der Waals surface area (Å²) in [5.74, 6) is -3.77. The van der Waals surface area contributed by atoms with Crippen LogP contribution >= 0.6 is 11.5 Å². The average molecular weight is 449 g/mol. The summed E-state index contributed by atoms with van der Waals surface area (Å²) in [6.45, 7) is 3.56. The minimum absolute atomic E-state index is 0.0143. The molecule has 9 nitrogen and oxygen atoms in total. The Morgan fingerprint density at radius 2 is 1.90 bits per heavy atom. The van der Waals surface area contributed by atoms with Gasteiger partial charge in [-0.05, 0) is 37.0 Å². The van der Waals surface area contributed by atoms with Crippen LogP contribution in [0.2, 0.25) is 0 Å². The van der Waals surface area contributed by atoms with E-state index in [0.29, 0.717) is 0 Å². The molecule has 12 heteroatoms. The van der Waals surface area contributed by atoms with Gasteiger partial charge in [-0.15, -0.1) is 5.10 Å². The first-order valence-electron chi connectivity index (χ1n) is 9.61. The molecule has 162 valence electrons. The van der Waals surface area contributed by atoms with Crippen LogP contribution in [0, 0.1) is 17.0 Å². The molecule has 3 aliphatic rings. The highest BCUT2D eigenvalue weighted by atomic mass is 32.1. The lowest BCUT2D eigenvalue weighted by atomic mass is 9.66. The molecule has 2 aromatic rings. The summed E-state index contributed by atoms with van der Waals surface area (Å²) in [4.78, 5) is 39.4. The van der Waals surface area contributed by atoms with Crippen LogP contribution in [0.3, 0.4) is 0 Å². The van der Waals surface area contributed by atoms with Gasteiger partial charge in [-0.2, -0.15) is 0 Å². The number of amides is 4. The fourth-order valence-corrected chi connectivity index (χ4v) is 5.46. The van der Waals surface area contributed by atoms with Crippen molar-refractivity contribution in [1.82, 2.24) is 20.2 Å². The molecule has 4 heterocycles. The van der Waals surface area contributed by atoms with E-state index in [9.17, 15) is 14.4 Å². The standard InChI is InChI=1S/C19H17F2N5O4S/c1-7-5-26-14-9(3-10(12(20)13(14)21)11-6-31-25-24-11)4-19(15(26)8(2)30-7)16(27)22-18(29)23-17(19)28/h3,6-8,15H,4-5H2,1-2H3,(H2,22,23,27,28,29)/t7-,8+,15?/m0/s1. The molecule has 3 atom stereocenters. The number of halogens is 2. The van der Waals surface area contributed by atoms with Crippen LogP contribution in [0.15, 0.2) is 11.4 Å². The molecular weight excluding hydrogens is 432 g/mol. The lowest BCUT2D eigenvalue weighted by Gasteiger charge is -2.55.